The van der Waals surface area contributed by atoms with Crippen LogP contribution < -0.4 is 10.6 Å². The third kappa shape index (κ3) is 3.39. The van der Waals surface area contributed by atoms with Crippen LogP contribution in [0.1, 0.15) is 18.4 Å². The smallest absolute Gasteiger partial charge is 0.229 e. The quantitative estimate of drug-likeness (QED) is 0.696. The van der Waals surface area contributed by atoms with E-state index in [1.807, 2.05) is 37.4 Å². The molecule has 0 amide bonds. The molecule has 4 bridgehead atoms. The first-order chi connectivity index (χ1) is 10.2. The van der Waals surface area contributed by atoms with Crippen molar-refractivity contribution in [2.45, 2.75) is 24.7 Å². The van der Waals surface area contributed by atoms with Crippen molar-refractivity contribution in [2.75, 3.05) is 22.9 Å². The second kappa shape index (κ2) is 6.22. The Hall–Kier alpha value is -1.95. The molecule has 1 atom stereocenters. The zero-order valence-electron chi connectivity index (χ0n) is 12.0. The van der Waals surface area contributed by atoms with Gasteiger partial charge in [-0.2, -0.15) is 4.98 Å². The second-order valence-electron chi connectivity index (χ2n) is 5.11. The minimum absolute atomic E-state index is 0.452. The number of rotatable bonds is 0. The molecule has 0 radical (unpaired) electrons. The van der Waals surface area contributed by atoms with Crippen LogP contribution in [0.5, 0.6) is 0 Å². The van der Waals surface area contributed by atoms with Crippen LogP contribution in [-0.4, -0.2) is 22.3 Å². The van der Waals surface area contributed by atoms with E-state index in [0.717, 1.165) is 47.1 Å². The highest BCUT2D eigenvalue weighted by molar-refractivity contribution is 7.86. The molecule has 1 aliphatic rings. The Balaban J connectivity index is 1.97. The molecule has 5 nitrogen and oxygen atoms in total. The molecule has 6 heteroatoms. The second-order valence-corrected chi connectivity index (χ2v) is 6.77. The van der Waals surface area contributed by atoms with Crippen LogP contribution in [-0.2, 0) is 10.7 Å². The molecule has 3 N–H and O–H groups in total. The number of benzene rings is 1. The van der Waals surface area contributed by atoms with Gasteiger partial charge in [0.25, 0.3) is 0 Å². The van der Waals surface area contributed by atoms with Crippen LogP contribution >= 0.6 is 0 Å². The first-order valence-corrected chi connectivity index (χ1v) is 8.48. The lowest BCUT2D eigenvalue weighted by atomic mass is 10.3. The first-order valence-electron chi connectivity index (χ1n) is 7.09. The highest BCUT2D eigenvalue weighted by Crippen LogP contribution is 2.20. The number of nitrogens with one attached hydrogen (secondary N) is 3. The van der Waals surface area contributed by atoms with Crippen LogP contribution in [0.15, 0.2) is 35.4 Å². The van der Waals surface area contributed by atoms with Crippen molar-refractivity contribution >= 4 is 28.1 Å². The molecule has 1 aromatic heterocycles. The lowest BCUT2D eigenvalue weighted by Gasteiger charge is -2.10. The first kappa shape index (κ1) is 14.0. The standard InChI is InChI=1S/C15H19N5S/c1-11-10-18-15-19-12-5-4-6-13(9-12)21(16)8-3-2-7-17-14(11)20-15/h4-6,9-10,16H,2-3,7-8H2,1H3,(H2,17,18,19,20). The zero-order chi connectivity index (χ0) is 14.7. The van der Waals surface area contributed by atoms with Gasteiger partial charge in [-0.3, -0.25) is 4.78 Å². The number of aromatic nitrogens is 2. The average Bonchev–Trinajstić information content (AvgIpc) is 2.50. The normalized spacial score (nSPS) is 18.4. The van der Waals surface area contributed by atoms with Gasteiger partial charge in [-0.05, 0) is 38.0 Å². The van der Waals surface area contributed by atoms with E-state index in [0.29, 0.717) is 5.95 Å². The van der Waals surface area contributed by atoms with E-state index in [1.165, 1.54) is 0 Å². The van der Waals surface area contributed by atoms with Crippen LogP contribution in [0, 0.1) is 11.7 Å². The van der Waals surface area contributed by atoms with E-state index < -0.39 is 10.7 Å². The summed E-state index contributed by atoms with van der Waals surface area (Å²) in [5.74, 6) is 2.38. The number of hydrogen-bond acceptors (Lipinski definition) is 5. The number of fused-ring (bicyclic) bond motifs is 4. The lowest BCUT2D eigenvalue weighted by molar-refractivity contribution is 0.835. The topological polar surface area (TPSA) is 73.7 Å². The summed E-state index contributed by atoms with van der Waals surface area (Å²) < 4.78 is 8.28. The molecule has 1 unspecified atom stereocenters. The molecular formula is C15H19N5S. The molecule has 0 saturated carbocycles. The Bertz CT molecular complexity index is 671. The van der Waals surface area contributed by atoms with E-state index in [9.17, 15) is 0 Å². The molecule has 0 aliphatic carbocycles. The molecule has 1 aromatic carbocycles. The maximum absolute atomic E-state index is 8.28. The van der Waals surface area contributed by atoms with Gasteiger partial charge in [-0.15, -0.1) is 0 Å². The minimum Gasteiger partial charge on any atom is -0.370 e. The van der Waals surface area contributed by atoms with Gasteiger partial charge < -0.3 is 10.6 Å². The van der Waals surface area contributed by atoms with Crippen LogP contribution in [0.4, 0.5) is 17.5 Å². The van der Waals surface area contributed by atoms with Crippen LogP contribution in [0.2, 0.25) is 0 Å². The van der Waals surface area contributed by atoms with Gasteiger partial charge in [0.2, 0.25) is 5.95 Å². The summed E-state index contributed by atoms with van der Waals surface area (Å²) in [6.45, 7) is 2.89. The summed E-state index contributed by atoms with van der Waals surface area (Å²) in [4.78, 5) is 9.93. The SMILES string of the molecule is Cc1cnc2nc1NCCCCS(=N)c1cccc(c1)N2. The molecule has 110 valence electrons. The third-order valence-corrected chi connectivity index (χ3v) is 4.93. The van der Waals surface area contributed by atoms with Crippen molar-refractivity contribution in [1.82, 2.24) is 9.97 Å². The van der Waals surface area contributed by atoms with Gasteiger partial charge >= 0.3 is 0 Å². The maximum atomic E-state index is 8.28. The summed E-state index contributed by atoms with van der Waals surface area (Å²) >= 11 is 0. The minimum atomic E-state index is -0.452. The Labute approximate surface area is 127 Å². The number of hydrogen-bond donors (Lipinski definition) is 3. The lowest BCUT2D eigenvalue weighted by Crippen LogP contribution is -2.08. The number of nitrogens with zero attached hydrogens (tertiary/aromatic N) is 2. The number of anilines is 3. The Morgan fingerprint density at radius 1 is 1.29 bits per heavy atom. The third-order valence-electron chi connectivity index (χ3n) is 3.41. The molecule has 0 fully saturated rings. The molecule has 2 aromatic rings. The largest absolute Gasteiger partial charge is 0.370 e. The van der Waals surface area contributed by atoms with E-state index in [1.54, 1.807) is 0 Å². The van der Waals surface area contributed by atoms with E-state index >= 15 is 0 Å². The predicted molar refractivity (Wildman–Crippen MR) is 87.4 cm³/mol. The molecule has 0 saturated heterocycles. The van der Waals surface area contributed by atoms with Crippen molar-refractivity contribution in [1.29, 1.82) is 4.78 Å². The van der Waals surface area contributed by atoms with Gasteiger partial charge in [0.1, 0.15) is 5.82 Å². The van der Waals surface area contributed by atoms with Gasteiger partial charge in [-0.25, -0.2) is 4.98 Å². The Kier molecular flexibility index (Phi) is 4.15. The van der Waals surface area contributed by atoms with E-state index in [2.05, 4.69) is 20.6 Å². The molecule has 1 aliphatic heterocycles. The molecule has 21 heavy (non-hydrogen) atoms. The molecule has 0 spiro atoms. The summed E-state index contributed by atoms with van der Waals surface area (Å²) in [7, 11) is -0.452. The van der Waals surface area contributed by atoms with Gasteiger partial charge in [0.15, 0.2) is 0 Å². The van der Waals surface area contributed by atoms with Crippen molar-refractivity contribution in [3.05, 3.63) is 36.0 Å². The monoisotopic (exact) mass is 301 g/mol. The zero-order valence-corrected chi connectivity index (χ0v) is 12.8. The summed E-state index contributed by atoms with van der Waals surface area (Å²) in [5, 5.41) is 6.59. The fourth-order valence-electron chi connectivity index (χ4n) is 2.23. The Morgan fingerprint density at radius 3 is 3.10 bits per heavy atom. The fraction of sp³-hybridized carbons (Fsp3) is 0.333. The fourth-order valence-corrected chi connectivity index (χ4v) is 3.47. The number of aryl methyl sites for hydroxylation is 1. The van der Waals surface area contributed by atoms with Crippen molar-refractivity contribution in [3.8, 4) is 0 Å². The maximum Gasteiger partial charge on any atom is 0.229 e. The Morgan fingerprint density at radius 2 is 2.19 bits per heavy atom. The van der Waals surface area contributed by atoms with Crippen molar-refractivity contribution < 1.29 is 0 Å². The summed E-state index contributed by atoms with van der Waals surface area (Å²) in [6.07, 6.45) is 3.93. The van der Waals surface area contributed by atoms with Crippen molar-refractivity contribution in [2.24, 2.45) is 0 Å². The van der Waals surface area contributed by atoms with Gasteiger partial charge in [0, 0.05) is 34.6 Å². The van der Waals surface area contributed by atoms with E-state index in [4.69, 9.17) is 4.78 Å². The van der Waals surface area contributed by atoms with Crippen LogP contribution in [0.25, 0.3) is 0 Å². The molecule has 3 rings (SSSR count). The average molecular weight is 301 g/mol. The van der Waals surface area contributed by atoms with Gasteiger partial charge in [-0.1, -0.05) is 16.8 Å². The summed E-state index contributed by atoms with van der Waals surface area (Å²) in [6, 6.07) is 8.03. The van der Waals surface area contributed by atoms with E-state index in [-0.39, 0.29) is 0 Å². The molecular weight excluding hydrogens is 282 g/mol. The highest BCUT2D eigenvalue weighted by Gasteiger charge is 2.07. The summed E-state index contributed by atoms with van der Waals surface area (Å²) in [5.41, 5.74) is 1.98. The van der Waals surface area contributed by atoms with Crippen LogP contribution in [0.3, 0.4) is 0 Å². The predicted octanol–water partition coefficient (Wildman–Crippen LogP) is 3.47. The highest BCUT2D eigenvalue weighted by atomic mass is 32.2. The molecule has 2 heterocycles. The van der Waals surface area contributed by atoms with Crippen molar-refractivity contribution in [3.63, 3.8) is 0 Å². The van der Waals surface area contributed by atoms with Gasteiger partial charge in [0.05, 0.1) is 0 Å².